The Morgan fingerprint density at radius 1 is 1.12 bits per heavy atom. The first-order valence-corrected chi connectivity index (χ1v) is 8.60. The highest BCUT2D eigenvalue weighted by molar-refractivity contribution is 5.32. The number of para-hydroxylation sites is 1. The standard InChI is InChI=1S/C20H26N2O4/c1-20(2,3)21(13-16-9-11-17(12-10-16)22(24)25)14-18(23)15-26-19-7-5-4-6-8-19/h4-12,18,23H,13-15H2,1-3H3. The Hall–Kier alpha value is -2.44. The van der Waals surface area contributed by atoms with Crippen LogP contribution in [0.25, 0.3) is 0 Å². The van der Waals surface area contributed by atoms with Crippen molar-refractivity contribution in [3.8, 4) is 5.75 Å². The smallest absolute Gasteiger partial charge is 0.269 e. The van der Waals surface area contributed by atoms with Crippen molar-refractivity contribution < 1.29 is 14.8 Å². The molecule has 0 saturated carbocycles. The predicted molar refractivity (Wildman–Crippen MR) is 101 cm³/mol. The Kier molecular flexibility index (Phi) is 6.71. The van der Waals surface area contributed by atoms with Gasteiger partial charge in [0, 0.05) is 30.8 Å². The quantitative estimate of drug-likeness (QED) is 0.576. The van der Waals surface area contributed by atoms with Crippen LogP contribution in [0.3, 0.4) is 0 Å². The number of nitro groups is 1. The van der Waals surface area contributed by atoms with Crippen molar-refractivity contribution in [1.82, 2.24) is 4.90 Å². The lowest BCUT2D eigenvalue weighted by atomic mass is 10.0. The molecular weight excluding hydrogens is 332 g/mol. The van der Waals surface area contributed by atoms with Crippen LogP contribution in [-0.2, 0) is 6.54 Å². The summed E-state index contributed by atoms with van der Waals surface area (Å²) in [4.78, 5) is 12.5. The van der Waals surface area contributed by atoms with E-state index >= 15 is 0 Å². The van der Waals surface area contributed by atoms with Gasteiger partial charge in [0.05, 0.1) is 4.92 Å². The summed E-state index contributed by atoms with van der Waals surface area (Å²) in [7, 11) is 0. The van der Waals surface area contributed by atoms with Gasteiger partial charge in [0.25, 0.3) is 5.69 Å². The van der Waals surface area contributed by atoms with Crippen molar-refractivity contribution >= 4 is 5.69 Å². The summed E-state index contributed by atoms with van der Waals surface area (Å²) in [6.07, 6.45) is -0.646. The number of rotatable bonds is 8. The van der Waals surface area contributed by atoms with E-state index in [-0.39, 0.29) is 17.8 Å². The highest BCUT2D eigenvalue weighted by Crippen LogP contribution is 2.20. The zero-order valence-electron chi connectivity index (χ0n) is 15.5. The van der Waals surface area contributed by atoms with E-state index in [1.807, 2.05) is 30.3 Å². The van der Waals surface area contributed by atoms with Crippen molar-refractivity contribution in [2.75, 3.05) is 13.2 Å². The second kappa shape index (κ2) is 8.78. The molecule has 0 aliphatic carbocycles. The molecular formula is C20H26N2O4. The fourth-order valence-electron chi connectivity index (χ4n) is 2.54. The molecule has 2 aromatic carbocycles. The van der Waals surface area contributed by atoms with Crippen LogP contribution >= 0.6 is 0 Å². The van der Waals surface area contributed by atoms with Crippen molar-refractivity contribution in [3.63, 3.8) is 0 Å². The second-order valence-electron chi connectivity index (χ2n) is 7.25. The van der Waals surface area contributed by atoms with Crippen LogP contribution in [-0.4, -0.2) is 39.7 Å². The van der Waals surface area contributed by atoms with E-state index in [1.54, 1.807) is 12.1 Å². The van der Waals surface area contributed by atoms with Crippen molar-refractivity contribution in [1.29, 1.82) is 0 Å². The molecule has 2 aromatic rings. The third-order valence-corrected chi connectivity index (χ3v) is 4.09. The molecule has 0 saturated heterocycles. The van der Waals surface area contributed by atoms with Gasteiger partial charge in [-0.1, -0.05) is 30.3 Å². The first kappa shape index (κ1) is 19.9. The van der Waals surface area contributed by atoms with Gasteiger partial charge in [-0.2, -0.15) is 0 Å². The number of hydrogen-bond donors (Lipinski definition) is 1. The molecule has 0 aliphatic rings. The Balaban J connectivity index is 1.97. The summed E-state index contributed by atoms with van der Waals surface area (Å²) >= 11 is 0. The van der Waals surface area contributed by atoms with E-state index in [0.29, 0.717) is 13.1 Å². The number of non-ortho nitro benzene ring substituents is 1. The summed E-state index contributed by atoms with van der Waals surface area (Å²) < 4.78 is 5.62. The Morgan fingerprint density at radius 3 is 2.27 bits per heavy atom. The number of β-amino-alcohol motifs (C(OH)–C–C–N with tert-alkyl or cyclic N) is 1. The van der Waals surface area contributed by atoms with Crippen LogP contribution in [0.4, 0.5) is 5.69 Å². The van der Waals surface area contributed by atoms with Crippen molar-refractivity contribution in [3.05, 3.63) is 70.3 Å². The van der Waals surface area contributed by atoms with Crippen LogP contribution < -0.4 is 4.74 Å². The Bertz CT molecular complexity index is 696. The summed E-state index contributed by atoms with van der Waals surface area (Å²) in [5.74, 6) is 0.726. The van der Waals surface area contributed by atoms with Gasteiger partial charge in [-0.25, -0.2) is 0 Å². The number of aliphatic hydroxyl groups excluding tert-OH is 1. The fraction of sp³-hybridized carbons (Fsp3) is 0.400. The van der Waals surface area contributed by atoms with Gasteiger partial charge in [0.1, 0.15) is 18.5 Å². The first-order valence-electron chi connectivity index (χ1n) is 8.60. The summed E-state index contributed by atoms with van der Waals surface area (Å²) in [5.41, 5.74) is 0.865. The Labute approximate surface area is 154 Å². The molecule has 2 rings (SSSR count). The van der Waals surface area contributed by atoms with Crippen LogP contribution in [0.2, 0.25) is 0 Å². The van der Waals surface area contributed by atoms with Crippen molar-refractivity contribution in [2.45, 2.75) is 39.0 Å². The SMILES string of the molecule is CC(C)(C)N(Cc1ccc([N+](=O)[O-])cc1)CC(O)COc1ccccc1. The number of nitrogens with zero attached hydrogens (tertiary/aromatic N) is 2. The largest absolute Gasteiger partial charge is 0.491 e. The third-order valence-electron chi connectivity index (χ3n) is 4.09. The molecule has 0 bridgehead atoms. The zero-order chi connectivity index (χ0) is 19.2. The minimum absolute atomic E-state index is 0.0763. The van der Waals surface area contributed by atoms with Crippen LogP contribution in [0.1, 0.15) is 26.3 Å². The minimum Gasteiger partial charge on any atom is -0.491 e. The highest BCUT2D eigenvalue weighted by Gasteiger charge is 2.24. The van der Waals surface area contributed by atoms with E-state index in [9.17, 15) is 15.2 Å². The highest BCUT2D eigenvalue weighted by atomic mass is 16.6. The maximum atomic E-state index is 10.8. The maximum Gasteiger partial charge on any atom is 0.269 e. The maximum absolute atomic E-state index is 10.8. The lowest BCUT2D eigenvalue weighted by Gasteiger charge is -2.37. The monoisotopic (exact) mass is 358 g/mol. The summed E-state index contributed by atoms with van der Waals surface area (Å²) in [6.45, 7) is 7.45. The number of aliphatic hydroxyl groups is 1. The van der Waals surface area contributed by atoms with Crippen molar-refractivity contribution in [2.24, 2.45) is 0 Å². The lowest BCUT2D eigenvalue weighted by molar-refractivity contribution is -0.384. The molecule has 0 heterocycles. The van der Waals surface area contributed by atoms with E-state index in [1.165, 1.54) is 12.1 Å². The molecule has 140 valence electrons. The van der Waals surface area contributed by atoms with Gasteiger partial charge in [0.15, 0.2) is 0 Å². The molecule has 0 aliphatic heterocycles. The number of ether oxygens (including phenoxy) is 1. The fourth-order valence-corrected chi connectivity index (χ4v) is 2.54. The topological polar surface area (TPSA) is 75.8 Å². The van der Waals surface area contributed by atoms with Gasteiger partial charge < -0.3 is 9.84 Å². The third kappa shape index (κ3) is 6.13. The Morgan fingerprint density at radius 2 is 1.73 bits per heavy atom. The molecule has 1 N–H and O–H groups in total. The van der Waals surface area contributed by atoms with Gasteiger partial charge in [0.2, 0.25) is 0 Å². The van der Waals surface area contributed by atoms with Crippen LogP contribution in [0.5, 0.6) is 5.75 Å². The molecule has 0 amide bonds. The van der Waals surface area contributed by atoms with Crippen LogP contribution in [0.15, 0.2) is 54.6 Å². The van der Waals surface area contributed by atoms with Gasteiger partial charge in [-0.3, -0.25) is 15.0 Å². The molecule has 26 heavy (non-hydrogen) atoms. The second-order valence-corrected chi connectivity index (χ2v) is 7.25. The van der Waals surface area contributed by atoms with E-state index in [2.05, 4.69) is 25.7 Å². The minimum atomic E-state index is -0.646. The zero-order valence-corrected chi connectivity index (χ0v) is 15.5. The molecule has 0 aromatic heterocycles. The molecule has 0 spiro atoms. The van der Waals surface area contributed by atoms with Gasteiger partial charge in [-0.15, -0.1) is 0 Å². The van der Waals surface area contributed by atoms with E-state index in [4.69, 9.17) is 4.74 Å². The molecule has 0 radical (unpaired) electrons. The predicted octanol–water partition coefficient (Wildman–Crippen LogP) is 3.64. The molecule has 6 nitrogen and oxygen atoms in total. The first-order chi connectivity index (χ1) is 12.3. The number of hydrogen-bond acceptors (Lipinski definition) is 5. The normalized spacial score (nSPS) is 12.8. The molecule has 0 fully saturated rings. The molecule has 1 unspecified atom stereocenters. The average Bonchev–Trinajstić information content (AvgIpc) is 2.60. The van der Waals surface area contributed by atoms with Gasteiger partial charge >= 0.3 is 0 Å². The van der Waals surface area contributed by atoms with Crippen LogP contribution in [0, 0.1) is 10.1 Å². The number of nitro benzene ring substituents is 1. The lowest BCUT2D eigenvalue weighted by Crippen LogP contribution is -2.46. The van der Waals surface area contributed by atoms with E-state index in [0.717, 1.165) is 11.3 Å². The summed E-state index contributed by atoms with van der Waals surface area (Å²) in [6, 6.07) is 15.9. The molecule has 6 heteroatoms. The van der Waals surface area contributed by atoms with Gasteiger partial charge in [-0.05, 0) is 38.5 Å². The summed E-state index contributed by atoms with van der Waals surface area (Å²) in [5, 5.41) is 21.2. The molecule has 1 atom stereocenters. The average molecular weight is 358 g/mol. The van der Waals surface area contributed by atoms with E-state index < -0.39 is 11.0 Å². The number of benzene rings is 2.